The van der Waals surface area contributed by atoms with Gasteiger partial charge < -0.3 is 30.2 Å². The molecule has 38 heavy (non-hydrogen) atoms. The predicted octanol–water partition coefficient (Wildman–Crippen LogP) is 3.91. The summed E-state index contributed by atoms with van der Waals surface area (Å²) in [5.41, 5.74) is 1.14. The number of amides is 6. The standard InChI is InChI=1S/C28H44N6O4/c1-5-31(6-2)25(35)21-12-10-16-33(19-21)27(37)29-23-14-9-15-24(18-23)30-28(38)34-17-11-13-22(20-34)26(36)32(7-3)8-4/h9,14-15,18,21-22H,5-8,10-13,16-17,19-20H2,1-4H3,(H,29,37)(H,30,38)/t21-,22+. The van der Waals surface area contributed by atoms with Crippen LogP contribution in [0.15, 0.2) is 24.3 Å². The lowest BCUT2D eigenvalue weighted by Gasteiger charge is -2.34. The van der Waals surface area contributed by atoms with Gasteiger partial charge in [-0.1, -0.05) is 6.07 Å². The molecular formula is C28H44N6O4. The maximum Gasteiger partial charge on any atom is 0.321 e. The van der Waals surface area contributed by atoms with Crippen LogP contribution < -0.4 is 10.6 Å². The van der Waals surface area contributed by atoms with E-state index >= 15 is 0 Å². The third-order valence-electron chi connectivity index (χ3n) is 7.63. The summed E-state index contributed by atoms with van der Waals surface area (Å²) in [4.78, 5) is 58.6. The smallest absolute Gasteiger partial charge is 0.321 e. The number of nitrogens with one attached hydrogen (secondary N) is 2. The second-order valence-corrected chi connectivity index (χ2v) is 10.0. The predicted molar refractivity (Wildman–Crippen MR) is 149 cm³/mol. The van der Waals surface area contributed by atoms with Crippen LogP contribution in [0.25, 0.3) is 0 Å². The molecule has 1 aromatic rings. The molecule has 0 aliphatic carbocycles. The number of piperidine rings is 2. The molecule has 2 N–H and O–H groups in total. The average molecular weight is 529 g/mol. The van der Waals surface area contributed by atoms with Gasteiger partial charge in [-0.25, -0.2) is 9.59 Å². The van der Waals surface area contributed by atoms with Crippen molar-refractivity contribution < 1.29 is 19.2 Å². The van der Waals surface area contributed by atoms with Gasteiger partial charge in [-0.15, -0.1) is 0 Å². The minimum atomic E-state index is -0.251. The molecule has 1 aromatic carbocycles. The molecule has 0 unspecified atom stereocenters. The van der Waals surface area contributed by atoms with Crippen molar-refractivity contribution in [2.75, 3.05) is 63.0 Å². The second kappa shape index (κ2) is 14.0. The summed E-state index contributed by atoms with van der Waals surface area (Å²) < 4.78 is 0. The fourth-order valence-electron chi connectivity index (χ4n) is 5.39. The molecule has 0 radical (unpaired) electrons. The maximum absolute atomic E-state index is 13.0. The molecule has 2 aliphatic rings. The number of carbonyl (C=O) groups is 4. The Kier molecular flexibility index (Phi) is 10.8. The van der Waals surface area contributed by atoms with Crippen molar-refractivity contribution in [2.45, 2.75) is 53.4 Å². The molecule has 0 bridgehead atoms. The molecule has 2 saturated heterocycles. The topological polar surface area (TPSA) is 105 Å². The van der Waals surface area contributed by atoms with Crippen molar-refractivity contribution in [3.05, 3.63) is 24.3 Å². The number of urea groups is 2. The molecule has 3 rings (SSSR count). The number of likely N-dealkylation sites (tertiary alicyclic amines) is 2. The van der Waals surface area contributed by atoms with Gasteiger partial charge in [0.15, 0.2) is 0 Å². The third-order valence-corrected chi connectivity index (χ3v) is 7.63. The highest BCUT2D eigenvalue weighted by molar-refractivity contribution is 5.93. The monoisotopic (exact) mass is 528 g/mol. The summed E-state index contributed by atoms with van der Waals surface area (Å²) in [6, 6.07) is 6.54. The first-order valence-electron chi connectivity index (χ1n) is 14.1. The van der Waals surface area contributed by atoms with Crippen LogP contribution in [0.4, 0.5) is 21.0 Å². The zero-order valence-electron chi connectivity index (χ0n) is 23.4. The number of hydrogen-bond acceptors (Lipinski definition) is 4. The molecule has 2 atom stereocenters. The molecule has 10 nitrogen and oxygen atoms in total. The first-order chi connectivity index (χ1) is 18.3. The van der Waals surface area contributed by atoms with Gasteiger partial charge in [0.2, 0.25) is 11.8 Å². The zero-order chi connectivity index (χ0) is 27.7. The van der Waals surface area contributed by atoms with Gasteiger partial charge >= 0.3 is 12.1 Å². The van der Waals surface area contributed by atoms with Crippen molar-refractivity contribution in [3.8, 4) is 0 Å². The minimum Gasteiger partial charge on any atom is -0.343 e. The summed E-state index contributed by atoms with van der Waals surface area (Å²) in [6.07, 6.45) is 3.15. The summed E-state index contributed by atoms with van der Waals surface area (Å²) in [6.45, 7) is 12.6. The van der Waals surface area contributed by atoms with Crippen LogP contribution in [0, 0.1) is 11.8 Å². The second-order valence-electron chi connectivity index (χ2n) is 10.0. The number of nitrogens with zero attached hydrogens (tertiary/aromatic N) is 4. The average Bonchev–Trinajstić information content (AvgIpc) is 2.94. The molecule has 0 aromatic heterocycles. The Labute approximate surface area is 226 Å². The highest BCUT2D eigenvalue weighted by Gasteiger charge is 2.32. The van der Waals surface area contributed by atoms with Crippen molar-refractivity contribution in [3.63, 3.8) is 0 Å². The number of benzene rings is 1. The van der Waals surface area contributed by atoms with Gasteiger partial charge in [0, 0.05) is 63.7 Å². The zero-order valence-corrected chi connectivity index (χ0v) is 23.4. The Morgan fingerprint density at radius 1 is 0.737 bits per heavy atom. The summed E-state index contributed by atoms with van der Waals surface area (Å²) in [5, 5.41) is 5.83. The van der Waals surface area contributed by atoms with Crippen molar-refractivity contribution in [1.82, 2.24) is 19.6 Å². The third kappa shape index (κ3) is 7.39. The fraction of sp³-hybridized carbons (Fsp3) is 0.643. The molecular weight excluding hydrogens is 484 g/mol. The number of carbonyl (C=O) groups excluding carboxylic acids is 4. The summed E-state index contributed by atoms with van der Waals surface area (Å²) in [5.74, 6) is -0.143. The van der Waals surface area contributed by atoms with Crippen LogP contribution in [0.1, 0.15) is 53.4 Å². The van der Waals surface area contributed by atoms with Crippen molar-refractivity contribution in [2.24, 2.45) is 11.8 Å². The minimum absolute atomic E-state index is 0.107. The lowest BCUT2D eigenvalue weighted by molar-refractivity contribution is -0.137. The number of hydrogen-bond donors (Lipinski definition) is 2. The highest BCUT2D eigenvalue weighted by atomic mass is 16.2. The largest absolute Gasteiger partial charge is 0.343 e. The molecule has 2 heterocycles. The normalized spacial score (nSPS) is 19.5. The van der Waals surface area contributed by atoms with Crippen molar-refractivity contribution in [1.29, 1.82) is 0 Å². The van der Waals surface area contributed by atoms with E-state index in [0.29, 0.717) is 63.7 Å². The summed E-state index contributed by atoms with van der Waals surface area (Å²) in [7, 11) is 0. The quantitative estimate of drug-likeness (QED) is 0.534. The van der Waals surface area contributed by atoms with Crippen LogP contribution in [0.3, 0.4) is 0 Å². The van der Waals surface area contributed by atoms with Crippen LogP contribution in [0.2, 0.25) is 0 Å². The Hall–Kier alpha value is -3.30. The van der Waals surface area contributed by atoms with E-state index in [1.807, 2.05) is 37.5 Å². The van der Waals surface area contributed by atoms with Crippen LogP contribution in [-0.4, -0.2) is 95.8 Å². The van der Waals surface area contributed by atoms with Gasteiger partial charge in [0.05, 0.1) is 11.8 Å². The molecule has 6 amide bonds. The van der Waals surface area contributed by atoms with Gasteiger partial charge in [-0.05, 0) is 71.6 Å². The van der Waals surface area contributed by atoms with Crippen molar-refractivity contribution >= 4 is 35.3 Å². The van der Waals surface area contributed by atoms with E-state index in [2.05, 4.69) is 10.6 Å². The highest BCUT2D eigenvalue weighted by Crippen LogP contribution is 2.23. The van der Waals surface area contributed by atoms with Crippen LogP contribution >= 0.6 is 0 Å². The lowest BCUT2D eigenvalue weighted by atomic mass is 9.96. The Bertz CT molecular complexity index is 905. The van der Waals surface area contributed by atoms with E-state index in [9.17, 15) is 19.2 Å². The lowest BCUT2D eigenvalue weighted by Crippen LogP contribution is -2.48. The van der Waals surface area contributed by atoms with E-state index < -0.39 is 0 Å². The molecule has 0 spiro atoms. The molecule has 0 saturated carbocycles. The molecule has 2 aliphatic heterocycles. The molecule has 2 fully saturated rings. The molecule has 210 valence electrons. The number of rotatable bonds is 8. The van der Waals surface area contributed by atoms with E-state index in [4.69, 9.17) is 0 Å². The van der Waals surface area contributed by atoms with E-state index in [1.165, 1.54) is 0 Å². The first-order valence-corrected chi connectivity index (χ1v) is 14.1. The van der Waals surface area contributed by atoms with E-state index in [-0.39, 0.29) is 35.7 Å². The van der Waals surface area contributed by atoms with E-state index in [1.54, 1.807) is 34.1 Å². The number of anilines is 2. The van der Waals surface area contributed by atoms with Gasteiger partial charge in [-0.2, -0.15) is 0 Å². The Morgan fingerprint density at radius 3 is 1.50 bits per heavy atom. The Balaban J connectivity index is 1.57. The van der Waals surface area contributed by atoms with Gasteiger partial charge in [-0.3, -0.25) is 9.59 Å². The Morgan fingerprint density at radius 2 is 1.13 bits per heavy atom. The van der Waals surface area contributed by atoms with Crippen LogP contribution in [0.5, 0.6) is 0 Å². The first kappa shape index (κ1) is 29.3. The van der Waals surface area contributed by atoms with Gasteiger partial charge in [0.25, 0.3) is 0 Å². The SMILES string of the molecule is CCN(CC)C(=O)[C@@H]1CCCN(C(=O)Nc2cccc(NC(=O)N3CCC[C@H](C(=O)N(CC)CC)C3)c2)C1. The van der Waals surface area contributed by atoms with E-state index in [0.717, 1.165) is 25.7 Å². The molecule has 10 heteroatoms. The fourth-order valence-corrected chi connectivity index (χ4v) is 5.39. The van der Waals surface area contributed by atoms with Gasteiger partial charge in [0.1, 0.15) is 0 Å². The summed E-state index contributed by atoms with van der Waals surface area (Å²) >= 11 is 0. The maximum atomic E-state index is 13.0. The van der Waals surface area contributed by atoms with Crippen LogP contribution in [-0.2, 0) is 9.59 Å².